The molecule has 0 aliphatic carbocycles. The topological polar surface area (TPSA) is 153 Å². The second-order valence-corrected chi connectivity index (χ2v) is 13.1. The fourth-order valence-corrected chi connectivity index (χ4v) is 5.95. The molecule has 2 aliphatic rings. The first kappa shape index (κ1) is 29.5. The summed E-state index contributed by atoms with van der Waals surface area (Å²) in [4.78, 5) is 22.0. The van der Waals surface area contributed by atoms with E-state index in [1.807, 2.05) is 0 Å². The lowest BCUT2D eigenvalue weighted by atomic mass is 10.1. The molecule has 12 nitrogen and oxygen atoms in total. The van der Waals surface area contributed by atoms with Crippen molar-refractivity contribution < 1.29 is 30.4 Å². The summed E-state index contributed by atoms with van der Waals surface area (Å²) in [6.07, 6.45) is -0.158. The summed E-state index contributed by atoms with van der Waals surface area (Å²) < 4.78 is 80.6. The lowest BCUT2D eigenvalue weighted by molar-refractivity contribution is 0.0626. The van der Waals surface area contributed by atoms with E-state index in [0.29, 0.717) is 23.0 Å². The van der Waals surface area contributed by atoms with Crippen LogP contribution in [-0.4, -0.2) is 95.7 Å². The fraction of sp³-hybridized carbons (Fsp3) is 0.375. The van der Waals surface area contributed by atoms with Crippen molar-refractivity contribution in [3.05, 3.63) is 53.6 Å². The maximum Gasteiger partial charge on any atom is 0.322 e. The summed E-state index contributed by atoms with van der Waals surface area (Å²) in [5.41, 5.74) is 1.39. The first-order valence-electron chi connectivity index (χ1n) is 12.1. The van der Waals surface area contributed by atoms with Crippen molar-refractivity contribution in [2.45, 2.75) is 23.9 Å². The summed E-state index contributed by atoms with van der Waals surface area (Å²) in [7, 11) is -5.78. The number of piperazine rings is 1. The molecule has 1 unspecified atom stereocenters. The van der Waals surface area contributed by atoms with Crippen molar-refractivity contribution in [3.8, 4) is 0 Å². The number of nitrogens with one attached hydrogen (secondary N) is 3. The molecule has 0 radical (unpaired) electrons. The molecule has 2 heterocycles. The van der Waals surface area contributed by atoms with Crippen molar-refractivity contribution in [1.29, 1.82) is 0 Å². The number of carbonyl (C=O) groups is 1. The van der Waals surface area contributed by atoms with E-state index in [2.05, 4.69) is 25.3 Å². The Morgan fingerprint density at radius 1 is 1.00 bits per heavy atom. The minimum absolute atomic E-state index is 0.0207. The highest BCUT2D eigenvalue weighted by atomic mass is 32.2. The Morgan fingerprint density at radius 2 is 1.62 bits per heavy atom. The molecule has 3 N–H and O–H groups in total. The van der Waals surface area contributed by atoms with Gasteiger partial charge in [-0.3, -0.25) is 4.79 Å². The normalized spacial score (nSPS) is 19.7. The Labute approximate surface area is 231 Å². The van der Waals surface area contributed by atoms with Crippen LogP contribution in [0.1, 0.15) is 15.9 Å². The van der Waals surface area contributed by atoms with Crippen LogP contribution in [0.3, 0.4) is 0 Å². The average molecular weight is 598 g/mol. The van der Waals surface area contributed by atoms with Gasteiger partial charge in [0.05, 0.1) is 17.4 Å². The van der Waals surface area contributed by atoms with Crippen molar-refractivity contribution in [3.63, 3.8) is 0 Å². The zero-order valence-corrected chi connectivity index (χ0v) is 23.6. The lowest BCUT2D eigenvalue weighted by Crippen LogP contribution is -2.50. The van der Waals surface area contributed by atoms with Crippen molar-refractivity contribution in [2.24, 2.45) is 9.98 Å². The van der Waals surface area contributed by atoms with Crippen molar-refractivity contribution >= 4 is 49.5 Å². The molecule has 2 aromatic rings. The number of alkyl halides is 2. The summed E-state index contributed by atoms with van der Waals surface area (Å²) in [5, 5.41) is 5.40. The zero-order valence-electron chi connectivity index (χ0n) is 21.9. The van der Waals surface area contributed by atoms with Gasteiger partial charge in [0.25, 0.3) is 5.91 Å². The summed E-state index contributed by atoms with van der Waals surface area (Å²) in [5.74, 6) is -3.88. The highest BCUT2D eigenvalue weighted by Gasteiger charge is 2.41. The van der Waals surface area contributed by atoms with Gasteiger partial charge in [0.1, 0.15) is 0 Å². The summed E-state index contributed by atoms with van der Waals surface area (Å²) in [6.45, 7) is 2.52. The van der Waals surface area contributed by atoms with Gasteiger partial charge in [-0.15, -0.1) is 0 Å². The third kappa shape index (κ3) is 6.63. The smallest absolute Gasteiger partial charge is 0.322 e. The highest BCUT2D eigenvalue weighted by molar-refractivity contribution is 7.89. The van der Waals surface area contributed by atoms with Gasteiger partial charge in [-0.05, 0) is 55.9 Å². The average Bonchev–Trinajstić information content (AvgIpc) is 2.91. The molecule has 40 heavy (non-hydrogen) atoms. The van der Waals surface area contributed by atoms with Gasteiger partial charge in [0.15, 0.2) is 6.17 Å². The van der Waals surface area contributed by atoms with Crippen LogP contribution in [0, 0.1) is 6.92 Å². The Hall–Kier alpha value is -3.47. The van der Waals surface area contributed by atoms with Crippen LogP contribution in [0.5, 0.6) is 0 Å². The number of rotatable bonds is 7. The number of hydrogen-bond acceptors (Lipinski definition) is 9. The first-order chi connectivity index (χ1) is 18.7. The molecule has 16 heteroatoms. The fourth-order valence-electron chi connectivity index (χ4n) is 4.13. The van der Waals surface area contributed by atoms with E-state index in [-0.39, 0.29) is 48.6 Å². The van der Waals surface area contributed by atoms with Crippen LogP contribution in [0.4, 0.5) is 20.2 Å². The standard InChI is InChI=1S/C24H29F2N7O5S2/c1-16-4-7-19(14-20(16)40(37,38)27-2)30-23-28-15-24(25,26)22(31-23)29-18-8-5-17(6-9-18)21(34)32-10-12-33(13-11-32)39(3,35)36/h4-9,14-15,22,27,29H,10-13H2,1-3H3,(H,30,31). The van der Waals surface area contributed by atoms with Crippen molar-refractivity contribution in [2.75, 3.05) is 50.1 Å². The molecule has 4 rings (SSSR count). The Morgan fingerprint density at radius 3 is 2.23 bits per heavy atom. The number of amides is 1. The highest BCUT2D eigenvalue weighted by Crippen LogP contribution is 2.26. The molecule has 1 atom stereocenters. The van der Waals surface area contributed by atoms with Crippen LogP contribution in [0.25, 0.3) is 0 Å². The monoisotopic (exact) mass is 597 g/mol. The molecule has 0 aromatic heterocycles. The number of nitrogens with zero attached hydrogens (tertiary/aromatic N) is 4. The molecule has 1 amide bonds. The van der Waals surface area contributed by atoms with Crippen molar-refractivity contribution in [1.82, 2.24) is 13.9 Å². The minimum atomic E-state index is -3.74. The maximum atomic E-state index is 14.6. The number of carbonyl (C=O) groups excluding carboxylic acids is 1. The molecule has 0 spiro atoms. The molecule has 2 aliphatic heterocycles. The SMILES string of the molecule is CNS(=O)(=O)c1cc(NC2=NC(Nc3ccc(C(=O)N4CCN(S(C)(=O)=O)CC4)cc3)C(F)(F)C=N2)ccc1C. The van der Waals surface area contributed by atoms with E-state index < -0.39 is 32.1 Å². The number of hydrogen-bond donors (Lipinski definition) is 3. The molecular formula is C24H29F2N7O5S2. The first-order valence-corrected chi connectivity index (χ1v) is 15.5. The second kappa shape index (κ2) is 11.2. The third-order valence-corrected chi connectivity index (χ3v) is 9.27. The van der Waals surface area contributed by atoms with Gasteiger partial charge in [-0.1, -0.05) is 6.07 Å². The Bertz CT molecular complexity index is 1550. The van der Waals surface area contributed by atoms with Crippen LogP contribution >= 0.6 is 0 Å². The van der Waals surface area contributed by atoms with Crippen LogP contribution in [-0.2, 0) is 20.0 Å². The molecule has 0 bridgehead atoms. The van der Waals surface area contributed by atoms with Gasteiger partial charge in [0.2, 0.25) is 26.0 Å². The van der Waals surface area contributed by atoms with Gasteiger partial charge in [0, 0.05) is 43.1 Å². The number of aryl methyl sites for hydroxylation is 1. The Balaban J connectivity index is 1.45. The quantitative estimate of drug-likeness (QED) is 0.438. The van der Waals surface area contributed by atoms with Gasteiger partial charge in [-0.25, -0.2) is 31.5 Å². The van der Waals surface area contributed by atoms with Crippen LogP contribution in [0.2, 0.25) is 0 Å². The van der Waals surface area contributed by atoms with E-state index >= 15 is 0 Å². The lowest BCUT2D eigenvalue weighted by Gasteiger charge is -2.33. The van der Waals surface area contributed by atoms with E-state index in [1.165, 1.54) is 46.6 Å². The predicted octanol–water partition coefficient (Wildman–Crippen LogP) is 1.55. The van der Waals surface area contributed by atoms with E-state index in [4.69, 9.17) is 0 Å². The molecule has 1 fully saturated rings. The molecular weight excluding hydrogens is 568 g/mol. The largest absolute Gasteiger partial charge is 0.358 e. The third-order valence-electron chi connectivity index (χ3n) is 6.41. The number of halogens is 2. The van der Waals surface area contributed by atoms with Crippen LogP contribution in [0.15, 0.2) is 57.3 Å². The number of aliphatic imine (C=N–C) groups is 2. The number of guanidine groups is 1. The van der Waals surface area contributed by atoms with E-state index in [9.17, 15) is 30.4 Å². The van der Waals surface area contributed by atoms with Gasteiger partial charge >= 0.3 is 5.92 Å². The van der Waals surface area contributed by atoms with E-state index in [0.717, 1.165) is 6.26 Å². The number of anilines is 2. The molecule has 1 saturated heterocycles. The van der Waals surface area contributed by atoms with Gasteiger partial charge in [-0.2, -0.15) is 13.1 Å². The van der Waals surface area contributed by atoms with Gasteiger partial charge < -0.3 is 15.5 Å². The summed E-state index contributed by atoms with van der Waals surface area (Å²) in [6, 6.07) is 10.4. The molecule has 216 valence electrons. The Kier molecular flexibility index (Phi) is 8.26. The summed E-state index contributed by atoms with van der Waals surface area (Å²) >= 11 is 0. The minimum Gasteiger partial charge on any atom is -0.358 e. The number of sulfonamides is 2. The van der Waals surface area contributed by atoms with E-state index in [1.54, 1.807) is 19.1 Å². The predicted molar refractivity (Wildman–Crippen MR) is 148 cm³/mol. The second-order valence-electron chi connectivity index (χ2n) is 9.28. The molecule has 2 aromatic carbocycles. The maximum absolute atomic E-state index is 14.6. The zero-order chi connectivity index (χ0) is 29.3. The molecule has 0 saturated carbocycles. The van der Waals surface area contributed by atoms with Crippen LogP contribution < -0.4 is 15.4 Å². The number of benzene rings is 2.